The standard InChI is InChI=1S/C13H20FNO/c1-10(2)11(3)16-8-7-15-13-6-4-5-12(14)9-13/h4-6,9-11,15H,7-8H2,1-3H3. The summed E-state index contributed by atoms with van der Waals surface area (Å²) in [6, 6.07) is 6.44. The minimum absolute atomic E-state index is 0.221. The van der Waals surface area contributed by atoms with Gasteiger partial charge < -0.3 is 10.1 Å². The van der Waals surface area contributed by atoms with Crippen molar-refractivity contribution >= 4 is 5.69 Å². The molecule has 0 aliphatic rings. The van der Waals surface area contributed by atoms with Crippen molar-refractivity contribution in [3.05, 3.63) is 30.1 Å². The van der Waals surface area contributed by atoms with Crippen molar-refractivity contribution in [1.82, 2.24) is 0 Å². The van der Waals surface area contributed by atoms with Crippen molar-refractivity contribution < 1.29 is 9.13 Å². The maximum Gasteiger partial charge on any atom is 0.125 e. The van der Waals surface area contributed by atoms with Gasteiger partial charge in [0.15, 0.2) is 0 Å². The summed E-state index contributed by atoms with van der Waals surface area (Å²) >= 11 is 0. The second kappa shape index (κ2) is 6.48. The Morgan fingerprint density at radius 1 is 1.31 bits per heavy atom. The van der Waals surface area contributed by atoms with E-state index >= 15 is 0 Å². The molecule has 3 heteroatoms. The van der Waals surface area contributed by atoms with Crippen LogP contribution in [0.3, 0.4) is 0 Å². The van der Waals surface area contributed by atoms with Gasteiger partial charge in [0.1, 0.15) is 5.82 Å². The molecular formula is C13H20FNO. The van der Waals surface area contributed by atoms with E-state index in [1.807, 2.05) is 6.07 Å². The molecule has 90 valence electrons. The Kier molecular flexibility index (Phi) is 5.26. The Balaban J connectivity index is 2.21. The minimum atomic E-state index is -0.221. The number of benzene rings is 1. The van der Waals surface area contributed by atoms with Crippen LogP contribution in [0.25, 0.3) is 0 Å². The molecule has 0 aliphatic carbocycles. The molecule has 1 aromatic carbocycles. The van der Waals surface area contributed by atoms with Crippen LogP contribution in [0, 0.1) is 11.7 Å². The molecule has 0 heterocycles. The molecule has 0 bridgehead atoms. The zero-order valence-corrected chi connectivity index (χ0v) is 10.2. The maximum atomic E-state index is 12.8. The molecule has 2 nitrogen and oxygen atoms in total. The lowest BCUT2D eigenvalue weighted by molar-refractivity contribution is 0.0421. The number of halogens is 1. The van der Waals surface area contributed by atoms with Crippen LogP contribution in [0.5, 0.6) is 0 Å². The third-order valence-electron chi connectivity index (χ3n) is 2.58. The van der Waals surface area contributed by atoms with Crippen LogP contribution < -0.4 is 5.32 Å². The number of anilines is 1. The quantitative estimate of drug-likeness (QED) is 0.750. The lowest BCUT2D eigenvalue weighted by Crippen LogP contribution is -2.19. The van der Waals surface area contributed by atoms with E-state index in [4.69, 9.17) is 4.74 Å². The Bertz CT molecular complexity index is 315. The van der Waals surface area contributed by atoms with E-state index in [0.717, 1.165) is 5.69 Å². The highest BCUT2D eigenvalue weighted by molar-refractivity contribution is 5.42. The van der Waals surface area contributed by atoms with Crippen molar-refractivity contribution in [3.8, 4) is 0 Å². The summed E-state index contributed by atoms with van der Waals surface area (Å²) in [6.45, 7) is 7.65. The van der Waals surface area contributed by atoms with Crippen LogP contribution in [0.2, 0.25) is 0 Å². The number of rotatable bonds is 6. The highest BCUT2D eigenvalue weighted by Crippen LogP contribution is 2.09. The van der Waals surface area contributed by atoms with E-state index in [-0.39, 0.29) is 11.9 Å². The van der Waals surface area contributed by atoms with Crippen LogP contribution in [0.1, 0.15) is 20.8 Å². The third kappa shape index (κ3) is 4.62. The Morgan fingerprint density at radius 2 is 2.06 bits per heavy atom. The zero-order valence-electron chi connectivity index (χ0n) is 10.2. The summed E-state index contributed by atoms with van der Waals surface area (Å²) in [5, 5.41) is 3.11. The summed E-state index contributed by atoms with van der Waals surface area (Å²) in [6.07, 6.45) is 0.259. The Morgan fingerprint density at radius 3 is 2.69 bits per heavy atom. The topological polar surface area (TPSA) is 21.3 Å². The first-order valence-corrected chi connectivity index (χ1v) is 5.70. The first-order chi connectivity index (χ1) is 7.59. The van der Waals surface area contributed by atoms with Gasteiger partial charge in [0, 0.05) is 12.2 Å². The molecule has 0 amide bonds. The molecule has 16 heavy (non-hydrogen) atoms. The van der Waals surface area contributed by atoms with Gasteiger partial charge in [-0.05, 0) is 31.0 Å². The van der Waals surface area contributed by atoms with Crippen molar-refractivity contribution in [3.63, 3.8) is 0 Å². The van der Waals surface area contributed by atoms with Crippen molar-refractivity contribution in [2.45, 2.75) is 26.9 Å². The van der Waals surface area contributed by atoms with Gasteiger partial charge in [0.25, 0.3) is 0 Å². The fourth-order valence-corrected chi connectivity index (χ4v) is 1.23. The fraction of sp³-hybridized carbons (Fsp3) is 0.538. The van der Waals surface area contributed by atoms with E-state index in [9.17, 15) is 4.39 Å². The van der Waals surface area contributed by atoms with Gasteiger partial charge in [-0.1, -0.05) is 19.9 Å². The second-order valence-corrected chi connectivity index (χ2v) is 4.26. The van der Waals surface area contributed by atoms with Crippen LogP contribution in [-0.2, 0) is 4.74 Å². The number of ether oxygens (including phenoxy) is 1. The van der Waals surface area contributed by atoms with Gasteiger partial charge >= 0.3 is 0 Å². The zero-order chi connectivity index (χ0) is 12.0. The van der Waals surface area contributed by atoms with E-state index < -0.39 is 0 Å². The molecule has 1 atom stereocenters. The van der Waals surface area contributed by atoms with Crippen molar-refractivity contribution in [2.75, 3.05) is 18.5 Å². The summed E-state index contributed by atoms with van der Waals surface area (Å²) in [5.74, 6) is 0.302. The first-order valence-electron chi connectivity index (χ1n) is 5.70. The molecule has 0 fully saturated rings. The van der Waals surface area contributed by atoms with Crippen molar-refractivity contribution in [2.24, 2.45) is 5.92 Å². The monoisotopic (exact) mass is 225 g/mol. The van der Waals surface area contributed by atoms with Gasteiger partial charge in [-0.25, -0.2) is 4.39 Å². The molecule has 1 N–H and O–H groups in total. The molecule has 1 rings (SSSR count). The predicted octanol–water partition coefficient (Wildman–Crippen LogP) is 3.30. The molecule has 1 unspecified atom stereocenters. The highest BCUT2D eigenvalue weighted by Gasteiger charge is 2.05. The van der Waals surface area contributed by atoms with Crippen molar-refractivity contribution in [1.29, 1.82) is 0 Å². The lowest BCUT2D eigenvalue weighted by Gasteiger charge is -2.16. The Hall–Kier alpha value is -1.09. The van der Waals surface area contributed by atoms with E-state index in [1.165, 1.54) is 12.1 Å². The number of hydrogen-bond acceptors (Lipinski definition) is 2. The van der Waals surface area contributed by atoms with Crippen LogP contribution in [0.4, 0.5) is 10.1 Å². The molecule has 0 aliphatic heterocycles. The smallest absolute Gasteiger partial charge is 0.125 e. The molecule has 0 saturated heterocycles. The summed E-state index contributed by atoms with van der Waals surface area (Å²) in [5.41, 5.74) is 0.792. The lowest BCUT2D eigenvalue weighted by atomic mass is 10.1. The number of hydrogen-bond donors (Lipinski definition) is 1. The second-order valence-electron chi connectivity index (χ2n) is 4.26. The van der Waals surface area contributed by atoms with Gasteiger partial charge in [0.05, 0.1) is 12.7 Å². The summed E-state index contributed by atoms with van der Waals surface area (Å²) < 4.78 is 18.4. The third-order valence-corrected chi connectivity index (χ3v) is 2.58. The summed E-state index contributed by atoms with van der Waals surface area (Å²) in [7, 11) is 0. The van der Waals surface area contributed by atoms with Gasteiger partial charge in [-0.3, -0.25) is 0 Å². The van der Waals surface area contributed by atoms with Gasteiger partial charge in [0.2, 0.25) is 0 Å². The number of nitrogens with one attached hydrogen (secondary N) is 1. The van der Waals surface area contributed by atoms with Crippen LogP contribution in [0.15, 0.2) is 24.3 Å². The Labute approximate surface area is 96.8 Å². The van der Waals surface area contributed by atoms with E-state index in [2.05, 4.69) is 26.1 Å². The predicted molar refractivity (Wildman–Crippen MR) is 65.1 cm³/mol. The van der Waals surface area contributed by atoms with Gasteiger partial charge in [-0.15, -0.1) is 0 Å². The van der Waals surface area contributed by atoms with Crippen LogP contribution in [-0.4, -0.2) is 19.3 Å². The van der Waals surface area contributed by atoms with E-state index in [0.29, 0.717) is 19.1 Å². The fourth-order valence-electron chi connectivity index (χ4n) is 1.23. The normalized spacial score (nSPS) is 12.8. The highest BCUT2D eigenvalue weighted by atomic mass is 19.1. The largest absolute Gasteiger partial charge is 0.383 e. The molecular weight excluding hydrogens is 205 g/mol. The average Bonchev–Trinajstić information content (AvgIpc) is 2.24. The molecule has 0 spiro atoms. The SMILES string of the molecule is CC(C)C(C)OCCNc1cccc(F)c1. The maximum absolute atomic E-state index is 12.8. The average molecular weight is 225 g/mol. The molecule has 0 aromatic heterocycles. The molecule has 0 saturated carbocycles. The van der Waals surface area contributed by atoms with Gasteiger partial charge in [-0.2, -0.15) is 0 Å². The first kappa shape index (κ1) is 13.0. The summed E-state index contributed by atoms with van der Waals surface area (Å²) in [4.78, 5) is 0. The van der Waals surface area contributed by atoms with Crippen LogP contribution >= 0.6 is 0 Å². The molecule has 0 radical (unpaired) electrons. The minimum Gasteiger partial charge on any atom is -0.383 e. The van der Waals surface area contributed by atoms with E-state index in [1.54, 1.807) is 6.07 Å². The molecule has 1 aromatic rings.